The quantitative estimate of drug-likeness (QED) is 0.0556. The molecule has 0 amide bonds. The summed E-state index contributed by atoms with van der Waals surface area (Å²) in [5.74, 6) is 0. The molecule has 4 fully saturated rings. The van der Waals surface area contributed by atoms with Gasteiger partial charge < -0.3 is 22.9 Å². The van der Waals surface area contributed by atoms with Crippen LogP contribution in [0.25, 0.3) is 0 Å². The minimum absolute atomic E-state index is 0. The van der Waals surface area contributed by atoms with Crippen LogP contribution >= 0.6 is 23.2 Å². The average molecular weight is 1450 g/mol. The van der Waals surface area contributed by atoms with E-state index >= 15 is 0 Å². The summed E-state index contributed by atoms with van der Waals surface area (Å²) >= 11 is 12.2. The number of rotatable bonds is 21. The zero-order valence-corrected chi connectivity index (χ0v) is 59.1. The first kappa shape index (κ1) is 83.5. The van der Waals surface area contributed by atoms with E-state index in [-0.39, 0.29) is 66.0 Å². The zero-order chi connectivity index (χ0) is 70.1. The van der Waals surface area contributed by atoms with Gasteiger partial charge in [0.2, 0.25) is 0 Å². The van der Waals surface area contributed by atoms with Crippen LogP contribution in [-0.2, 0) is 6.18 Å². The molecule has 4 aliphatic rings. The molecule has 104 heavy (non-hydrogen) atoms. The van der Waals surface area contributed by atoms with Gasteiger partial charge in [-0.05, 0) is 144 Å². The van der Waals surface area contributed by atoms with Crippen molar-refractivity contribution in [2.24, 2.45) is 22.9 Å². The Morgan fingerprint density at radius 2 is 0.731 bits per heavy atom. The normalized spacial score (nSPS) is 19.1. The Hall–Kier alpha value is -7.82. The van der Waals surface area contributed by atoms with Crippen molar-refractivity contribution in [3.05, 3.63) is 350 Å². The van der Waals surface area contributed by atoms with Gasteiger partial charge in [-0.15, -0.1) is 0 Å². The fourth-order valence-electron chi connectivity index (χ4n) is 15.1. The van der Waals surface area contributed by atoms with E-state index in [0.29, 0.717) is 35.8 Å². The maximum absolute atomic E-state index is 13.1. The van der Waals surface area contributed by atoms with E-state index in [1.807, 2.05) is 84.9 Å². The lowest BCUT2D eigenvalue weighted by Crippen LogP contribution is -2.54. The van der Waals surface area contributed by atoms with E-state index < -0.39 is 17.8 Å². The Bertz CT molecular complexity index is 3990. The fourth-order valence-corrected chi connectivity index (χ4v) is 15.5. The summed E-state index contributed by atoms with van der Waals surface area (Å²) in [6.07, 6.45) is 5.10. The number of benzene rings is 9. The summed E-state index contributed by atoms with van der Waals surface area (Å²) in [6.45, 7) is 10.8. The number of aryl methyl sites for hydroxylation is 1. The first-order valence-corrected chi connectivity index (χ1v) is 36.3. The van der Waals surface area contributed by atoms with Gasteiger partial charge in [0.25, 0.3) is 0 Å². The van der Waals surface area contributed by atoms with Crippen molar-refractivity contribution < 1.29 is 13.2 Å². The zero-order valence-electron chi connectivity index (χ0n) is 57.6. The van der Waals surface area contributed by atoms with Crippen LogP contribution in [0, 0.1) is 6.92 Å². The third kappa shape index (κ3) is 20.6. The van der Waals surface area contributed by atoms with Gasteiger partial charge in [0.1, 0.15) is 0 Å². The van der Waals surface area contributed by atoms with Crippen molar-refractivity contribution in [1.29, 1.82) is 0 Å². The molecule has 8 N–H and O–H groups in total. The number of pyridine rings is 1. The topological polar surface area (TPSA) is 130 Å². The molecule has 0 bridgehead atoms. The molecule has 14 heteroatoms. The Balaban J connectivity index is 0.000000192. The molecule has 3 unspecified atom stereocenters. The number of nitrogens with zero attached hydrogens (tertiary/aromatic N) is 5. The summed E-state index contributed by atoms with van der Waals surface area (Å²) in [4.78, 5) is 14.5. The molecule has 4 saturated heterocycles. The molecule has 10 aromatic rings. The standard InChI is InChI=1S/C24H26N2.C23H22F3N3.C20H25ClN2.C19H23ClN2.4CH4/c1-18-12-14-19(15-13-18)23(25)22-16-17-26(22)24(20-8-4-2-5-9-20)21-10-6-3-7-11-21;24-23(25,26)18-10-6-9-17(15-18)21(27)20-12-14-29(20)22(16-7-2-1-3-8-16)19-11-4-5-13-28-19;1-2-7-18(15-8-4-3-5-9-15)23-13-12-19(23)20(22)16-10-6-11-17(21)14-16;1-2-17(14-7-4-3-5-8-14)22-12-11-18(22)19(21)15-9-6-10-16(20)13-15;;;;/h2-15,22-24H,16-17,25H2,1H3;1-11,13,15,20-22H,12,14,27H2;3-6,8-11,14,18-20H,2,7,12-13,22H2,1H3;3-10,13,17-19H,2,11-12,21H2,1H3;4*1H4/t22-,23-;20-,21-,22?;18?,19-,20-;17?,18-,19-;;;;/m0000..../s1. The van der Waals surface area contributed by atoms with Crippen molar-refractivity contribution in [3.8, 4) is 0 Å². The largest absolute Gasteiger partial charge is 0.416 e. The lowest BCUT2D eigenvalue weighted by Gasteiger charge is -2.49. The monoisotopic (exact) mass is 1450 g/mol. The summed E-state index contributed by atoms with van der Waals surface area (Å²) in [5, 5.41) is 1.52. The van der Waals surface area contributed by atoms with E-state index in [4.69, 9.17) is 46.1 Å². The maximum Gasteiger partial charge on any atom is 0.416 e. The molecule has 5 heterocycles. The first-order chi connectivity index (χ1) is 48.6. The minimum Gasteiger partial charge on any atom is -0.323 e. The van der Waals surface area contributed by atoms with E-state index in [0.717, 1.165) is 96.8 Å². The molecule has 0 spiro atoms. The molecule has 0 saturated carbocycles. The Kier molecular flexibility index (Phi) is 32.1. The Labute approximate surface area is 630 Å². The second-order valence-electron chi connectivity index (χ2n) is 27.0. The molecule has 14 rings (SSSR count). The number of halogens is 5. The number of nitrogens with two attached hydrogens (primary N) is 4. The summed E-state index contributed by atoms with van der Waals surface area (Å²) in [6, 6.07) is 90.6. The minimum atomic E-state index is -4.38. The highest BCUT2D eigenvalue weighted by molar-refractivity contribution is 6.30. The lowest BCUT2D eigenvalue weighted by atomic mass is 9.85. The SMILES string of the molecule is C.C.C.C.CCC(c1ccccc1)N1CC[C@H]1[C@@H](N)c1cccc(Cl)c1.CCCC(c1ccccc1)N1CC[C@H]1[C@@H](N)c1cccc(Cl)c1.Cc1ccc([C@H](N)[C@@H]2CCN2C(c2ccccc2)c2ccccc2)cc1.N[C@@H](c1cccc(C(F)(F)F)c1)[C@@H]1CCN1C(c1ccccc1)c1ccccn1. The highest BCUT2D eigenvalue weighted by Crippen LogP contribution is 2.44. The maximum atomic E-state index is 13.1. The van der Waals surface area contributed by atoms with Gasteiger partial charge in [0.15, 0.2) is 0 Å². The molecule has 0 aliphatic carbocycles. The molecular weight excluding hydrogens is 1330 g/mol. The van der Waals surface area contributed by atoms with Crippen molar-refractivity contribution in [1.82, 2.24) is 24.6 Å². The van der Waals surface area contributed by atoms with Crippen LogP contribution in [0.15, 0.2) is 273 Å². The molecule has 9 nitrogen and oxygen atoms in total. The molecule has 552 valence electrons. The summed E-state index contributed by atoms with van der Waals surface area (Å²) in [5.41, 5.74) is 38.3. The summed E-state index contributed by atoms with van der Waals surface area (Å²) in [7, 11) is 0. The molecule has 0 radical (unpaired) electrons. The molecular formula is C90H112Cl2F3N9. The molecule has 11 atom stereocenters. The smallest absolute Gasteiger partial charge is 0.323 e. The highest BCUT2D eigenvalue weighted by Gasteiger charge is 2.43. The molecule has 4 aliphatic heterocycles. The van der Waals surface area contributed by atoms with Gasteiger partial charge >= 0.3 is 6.18 Å². The fraction of sp³-hybridized carbons (Fsp3) is 0.344. The number of alkyl halides is 3. The summed E-state index contributed by atoms with van der Waals surface area (Å²) < 4.78 is 39.3. The van der Waals surface area contributed by atoms with Crippen molar-refractivity contribution in [2.45, 2.75) is 174 Å². The van der Waals surface area contributed by atoms with Crippen LogP contribution in [0.2, 0.25) is 10.0 Å². The Morgan fingerprint density at radius 3 is 1.11 bits per heavy atom. The van der Waals surface area contributed by atoms with Crippen LogP contribution < -0.4 is 22.9 Å². The molecule has 1 aromatic heterocycles. The number of aromatic nitrogens is 1. The van der Waals surface area contributed by atoms with Gasteiger partial charge in [-0.1, -0.05) is 297 Å². The predicted octanol–water partition coefficient (Wildman–Crippen LogP) is 21.9. The first-order valence-electron chi connectivity index (χ1n) is 35.6. The average Bonchev–Trinajstić information content (AvgIpc) is 0.801. The van der Waals surface area contributed by atoms with Crippen LogP contribution in [0.5, 0.6) is 0 Å². The van der Waals surface area contributed by atoms with Gasteiger partial charge in [0, 0.05) is 103 Å². The Morgan fingerprint density at radius 1 is 0.385 bits per heavy atom. The van der Waals surface area contributed by atoms with Gasteiger partial charge in [-0.3, -0.25) is 24.6 Å². The van der Waals surface area contributed by atoms with Crippen molar-refractivity contribution in [2.75, 3.05) is 26.2 Å². The van der Waals surface area contributed by atoms with Crippen molar-refractivity contribution >= 4 is 23.2 Å². The number of likely N-dealkylation sites (tertiary alicyclic amines) is 4. The molecule has 9 aromatic carbocycles. The van der Waals surface area contributed by atoms with Crippen LogP contribution in [-0.4, -0.2) is 74.9 Å². The van der Waals surface area contributed by atoms with E-state index in [1.165, 1.54) is 58.4 Å². The second kappa shape index (κ2) is 40.1. The number of hydrogen-bond donors (Lipinski definition) is 4. The van der Waals surface area contributed by atoms with E-state index in [2.05, 4.69) is 203 Å². The van der Waals surface area contributed by atoms with Gasteiger partial charge in [-0.25, -0.2) is 0 Å². The van der Waals surface area contributed by atoms with E-state index in [9.17, 15) is 13.2 Å². The van der Waals surface area contributed by atoms with Crippen molar-refractivity contribution in [3.63, 3.8) is 0 Å². The third-order valence-corrected chi connectivity index (χ3v) is 21.2. The van der Waals surface area contributed by atoms with Crippen LogP contribution in [0.4, 0.5) is 13.2 Å². The van der Waals surface area contributed by atoms with Gasteiger partial charge in [0.05, 0.1) is 23.3 Å². The lowest BCUT2D eigenvalue weighted by molar-refractivity contribution is -0.137. The predicted molar refractivity (Wildman–Crippen MR) is 431 cm³/mol. The van der Waals surface area contributed by atoms with Gasteiger partial charge in [-0.2, -0.15) is 13.2 Å². The van der Waals surface area contributed by atoms with Crippen LogP contribution in [0.3, 0.4) is 0 Å². The second-order valence-corrected chi connectivity index (χ2v) is 27.8. The third-order valence-electron chi connectivity index (χ3n) is 20.7. The number of hydrogen-bond acceptors (Lipinski definition) is 9. The van der Waals surface area contributed by atoms with Crippen LogP contribution in [0.1, 0.15) is 204 Å². The van der Waals surface area contributed by atoms with E-state index in [1.54, 1.807) is 12.3 Å². The highest BCUT2D eigenvalue weighted by atomic mass is 35.5.